The molecule has 0 aliphatic carbocycles. The van der Waals surface area contributed by atoms with Crippen LogP contribution in [0.4, 0.5) is 15.8 Å². The molecule has 9 heteroatoms. The summed E-state index contributed by atoms with van der Waals surface area (Å²) in [6, 6.07) is 19.7. The number of para-hydroxylation sites is 1. The van der Waals surface area contributed by atoms with E-state index in [1.165, 1.54) is 36.0 Å². The number of thioether (sulfide) groups is 1. The quantitative estimate of drug-likeness (QED) is 0.463. The van der Waals surface area contributed by atoms with Crippen molar-refractivity contribution in [2.24, 2.45) is 4.99 Å². The second-order valence-electron chi connectivity index (χ2n) is 6.85. The van der Waals surface area contributed by atoms with Gasteiger partial charge in [-0.15, -0.1) is 0 Å². The van der Waals surface area contributed by atoms with E-state index in [9.17, 15) is 14.0 Å². The maximum atomic E-state index is 13.0. The highest BCUT2D eigenvalue weighted by atomic mass is 35.5. The lowest BCUT2D eigenvalue weighted by Gasteiger charge is -2.09. The smallest absolute Gasteiger partial charge is 0.264 e. The third kappa shape index (κ3) is 6.21. The molecule has 1 saturated heterocycles. The van der Waals surface area contributed by atoms with Crippen LogP contribution in [0.2, 0.25) is 5.02 Å². The van der Waals surface area contributed by atoms with E-state index in [1.54, 1.807) is 36.4 Å². The number of ether oxygens (including phenoxy) is 1. The first-order valence-electron chi connectivity index (χ1n) is 9.79. The number of hydrogen-bond donors (Lipinski definition) is 2. The topological polar surface area (TPSA) is 79.8 Å². The molecular formula is C24H17ClFN3O3S. The fourth-order valence-electron chi connectivity index (χ4n) is 2.85. The Bertz CT molecular complexity index is 1250. The van der Waals surface area contributed by atoms with Crippen molar-refractivity contribution in [2.45, 2.75) is 0 Å². The molecule has 0 saturated carbocycles. The standard InChI is InChI=1S/C24H17ClFN3O3S/c25-19-12-15(6-11-20(19)32-14-22(30)27-17-4-2-1-3-5-17)13-21-23(31)29-24(33-21)28-18-9-7-16(26)8-10-18/h1-13H,14H2,(H,27,30)(H,28,29,31)/b21-13+. The maximum Gasteiger partial charge on any atom is 0.264 e. The minimum Gasteiger partial charge on any atom is -0.482 e. The summed E-state index contributed by atoms with van der Waals surface area (Å²) in [5.74, 6) is -0.613. The predicted molar refractivity (Wildman–Crippen MR) is 129 cm³/mol. The van der Waals surface area contributed by atoms with Crippen molar-refractivity contribution in [3.05, 3.63) is 94.1 Å². The van der Waals surface area contributed by atoms with Crippen LogP contribution in [-0.4, -0.2) is 23.6 Å². The maximum absolute atomic E-state index is 13.0. The first-order valence-corrected chi connectivity index (χ1v) is 11.0. The highest BCUT2D eigenvalue weighted by Crippen LogP contribution is 2.31. The molecule has 166 valence electrons. The van der Waals surface area contributed by atoms with Gasteiger partial charge in [0.15, 0.2) is 11.8 Å². The molecule has 0 unspecified atom stereocenters. The Morgan fingerprint density at radius 1 is 1.12 bits per heavy atom. The number of hydrogen-bond acceptors (Lipinski definition) is 5. The van der Waals surface area contributed by atoms with Crippen LogP contribution in [0.1, 0.15) is 5.56 Å². The number of aliphatic imine (C=N–C) groups is 1. The summed E-state index contributed by atoms with van der Waals surface area (Å²) in [6.45, 7) is -0.198. The number of carbonyl (C=O) groups excluding carboxylic acids is 2. The van der Waals surface area contributed by atoms with Crippen molar-refractivity contribution >= 4 is 57.8 Å². The molecule has 3 aromatic rings. The van der Waals surface area contributed by atoms with Crippen LogP contribution in [-0.2, 0) is 9.59 Å². The lowest BCUT2D eigenvalue weighted by Crippen LogP contribution is -2.20. The average Bonchev–Trinajstić information content (AvgIpc) is 3.14. The van der Waals surface area contributed by atoms with Gasteiger partial charge in [0.2, 0.25) is 0 Å². The predicted octanol–water partition coefficient (Wildman–Crippen LogP) is 5.39. The number of halogens is 2. The number of benzene rings is 3. The highest BCUT2D eigenvalue weighted by Gasteiger charge is 2.24. The molecule has 0 spiro atoms. The van der Waals surface area contributed by atoms with E-state index in [4.69, 9.17) is 16.3 Å². The van der Waals surface area contributed by atoms with Crippen molar-refractivity contribution in [3.63, 3.8) is 0 Å². The molecule has 4 rings (SSSR count). The third-order valence-corrected chi connectivity index (χ3v) is 5.58. The molecule has 33 heavy (non-hydrogen) atoms. The van der Waals surface area contributed by atoms with Gasteiger partial charge in [0.05, 0.1) is 15.6 Å². The molecule has 0 bridgehead atoms. The zero-order chi connectivity index (χ0) is 23.2. The van der Waals surface area contributed by atoms with Crippen LogP contribution < -0.4 is 15.4 Å². The van der Waals surface area contributed by atoms with Gasteiger partial charge < -0.3 is 15.4 Å². The van der Waals surface area contributed by atoms with Gasteiger partial charge >= 0.3 is 0 Å². The number of amides is 2. The Hall–Kier alpha value is -3.62. The fourth-order valence-corrected chi connectivity index (χ4v) is 3.94. The minimum atomic E-state index is -0.358. The molecule has 2 N–H and O–H groups in total. The number of nitrogens with one attached hydrogen (secondary N) is 2. The van der Waals surface area contributed by atoms with Crippen LogP contribution in [0, 0.1) is 5.82 Å². The summed E-state index contributed by atoms with van der Waals surface area (Å²) in [5.41, 5.74) is 1.89. The van der Waals surface area contributed by atoms with Crippen molar-refractivity contribution in [3.8, 4) is 5.75 Å². The lowest BCUT2D eigenvalue weighted by molar-refractivity contribution is -0.118. The zero-order valence-corrected chi connectivity index (χ0v) is 18.6. The van der Waals surface area contributed by atoms with E-state index in [1.807, 2.05) is 18.2 Å². The first-order chi connectivity index (χ1) is 16.0. The van der Waals surface area contributed by atoms with E-state index in [-0.39, 0.29) is 24.2 Å². The third-order valence-electron chi connectivity index (χ3n) is 4.38. The second-order valence-corrected chi connectivity index (χ2v) is 8.29. The van der Waals surface area contributed by atoms with Gasteiger partial charge in [-0.05, 0) is 71.9 Å². The second kappa shape index (κ2) is 10.3. The van der Waals surface area contributed by atoms with Crippen LogP contribution in [0.3, 0.4) is 0 Å². The molecule has 0 atom stereocenters. The molecule has 0 aromatic heterocycles. The average molecular weight is 482 g/mol. The van der Waals surface area contributed by atoms with Gasteiger partial charge in [0.1, 0.15) is 11.6 Å². The van der Waals surface area contributed by atoms with Crippen LogP contribution >= 0.6 is 23.4 Å². The summed E-state index contributed by atoms with van der Waals surface area (Å²) in [4.78, 5) is 29.0. The monoisotopic (exact) mass is 481 g/mol. The largest absolute Gasteiger partial charge is 0.482 e. The van der Waals surface area contributed by atoms with Gasteiger partial charge in [-0.3, -0.25) is 9.59 Å². The summed E-state index contributed by atoms with van der Waals surface area (Å²) < 4.78 is 18.5. The molecule has 6 nitrogen and oxygen atoms in total. The van der Waals surface area contributed by atoms with Crippen molar-refractivity contribution in [2.75, 3.05) is 11.9 Å². The normalized spacial score (nSPS) is 15.5. The fraction of sp³-hybridized carbons (Fsp3) is 0.0417. The van der Waals surface area contributed by atoms with E-state index in [0.717, 1.165) is 0 Å². The minimum absolute atomic E-state index is 0.198. The van der Waals surface area contributed by atoms with E-state index in [2.05, 4.69) is 15.6 Å². The van der Waals surface area contributed by atoms with Crippen LogP contribution in [0.5, 0.6) is 5.75 Å². The summed E-state index contributed by atoms with van der Waals surface area (Å²) >= 11 is 7.46. The van der Waals surface area contributed by atoms with Gasteiger partial charge in [0, 0.05) is 5.69 Å². The van der Waals surface area contributed by atoms with Crippen molar-refractivity contribution in [1.82, 2.24) is 5.32 Å². The molecule has 2 amide bonds. The Morgan fingerprint density at radius 2 is 1.88 bits per heavy atom. The van der Waals surface area contributed by atoms with Gasteiger partial charge in [-0.1, -0.05) is 35.9 Å². The van der Waals surface area contributed by atoms with Gasteiger partial charge in [0.25, 0.3) is 11.8 Å². The number of nitrogens with zero attached hydrogens (tertiary/aromatic N) is 1. The van der Waals surface area contributed by atoms with E-state index in [0.29, 0.717) is 37.8 Å². The molecular weight excluding hydrogens is 465 g/mol. The lowest BCUT2D eigenvalue weighted by atomic mass is 10.2. The first kappa shape index (κ1) is 22.6. The SMILES string of the molecule is O=C(COc1ccc(/C=C2/SC(=Nc3ccc(F)cc3)NC2=O)cc1Cl)Nc1ccccc1. The van der Waals surface area contributed by atoms with E-state index < -0.39 is 0 Å². The summed E-state index contributed by atoms with van der Waals surface area (Å²) in [5, 5.41) is 6.11. The molecule has 1 fully saturated rings. The molecule has 0 radical (unpaired) electrons. The number of rotatable bonds is 6. The molecule has 1 heterocycles. The van der Waals surface area contributed by atoms with Gasteiger partial charge in [-0.2, -0.15) is 0 Å². The Kier molecular flexibility index (Phi) is 7.07. The van der Waals surface area contributed by atoms with E-state index >= 15 is 0 Å². The zero-order valence-electron chi connectivity index (χ0n) is 17.0. The van der Waals surface area contributed by atoms with Gasteiger partial charge in [-0.25, -0.2) is 9.38 Å². The Balaban J connectivity index is 1.38. The summed E-state index contributed by atoms with van der Waals surface area (Å²) in [6.07, 6.45) is 1.67. The van der Waals surface area contributed by atoms with Crippen molar-refractivity contribution < 1.29 is 18.7 Å². The van der Waals surface area contributed by atoms with Crippen LogP contribution in [0.25, 0.3) is 6.08 Å². The Morgan fingerprint density at radius 3 is 2.61 bits per heavy atom. The van der Waals surface area contributed by atoms with Crippen LogP contribution in [0.15, 0.2) is 82.7 Å². The Labute approximate surface area is 198 Å². The highest BCUT2D eigenvalue weighted by molar-refractivity contribution is 8.18. The number of anilines is 1. The van der Waals surface area contributed by atoms with Crippen molar-refractivity contribution in [1.29, 1.82) is 0 Å². The molecule has 1 aliphatic rings. The number of amidine groups is 1. The molecule has 3 aromatic carbocycles. The molecule has 1 aliphatic heterocycles. The summed E-state index contributed by atoms with van der Waals surface area (Å²) in [7, 11) is 0. The number of carbonyl (C=O) groups is 2.